The predicted molar refractivity (Wildman–Crippen MR) is 116 cm³/mol. The first-order valence-electron chi connectivity index (χ1n) is 9.68. The van der Waals surface area contributed by atoms with Crippen molar-refractivity contribution < 1.29 is 26.4 Å². The van der Waals surface area contributed by atoms with Crippen molar-refractivity contribution in [3.63, 3.8) is 0 Å². The topological polar surface area (TPSA) is 152 Å². The zero-order chi connectivity index (χ0) is 23.8. The summed E-state index contributed by atoms with van der Waals surface area (Å²) in [5.74, 6) is -1.11. The molecule has 1 fully saturated rings. The number of rotatable bonds is 6. The molecule has 174 valence electrons. The Labute approximate surface area is 186 Å². The van der Waals surface area contributed by atoms with Crippen molar-refractivity contribution in [3.8, 4) is 0 Å². The van der Waals surface area contributed by atoms with Crippen LogP contribution in [0.3, 0.4) is 0 Å². The second-order valence-electron chi connectivity index (χ2n) is 7.42. The molecule has 1 aromatic heterocycles. The van der Waals surface area contributed by atoms with Crippen LogP contribution in [0.15, 0.2) is 40.3 Å². The Bertz CT molecular complexity index is 1280. The van der Waals surface area contributed by atoms with E-state index in [0.29, 0.717) is 5.56 Å². The van der Waals surface area contributed by atoms with Crippen LogP contribution in [0.1, 0.15) is 26.4 Å². The highest BCUT2D eigenvalue weighted by atomic mass is 32.2. The van der Waals surface area contributed by atoms with Crippen LogP contribution in [0.4, 0.5) is 0 Å². The maximum atomic E-state index is 13.0. The van der Waals surface area contributed by atoms with Gasteiger partial charge in [-0.15, -0.1) is 0 Å². The first-order chi connectivity index (χ1) is 14.9. The molecule has 0 spiro atoms. The minimum absolute atomic E-state index is 0.0236. The van der Waals surface area contributed by atoms with Crippen molar-refractivity contribution in [1.29, 1.82) is 0 Å². The lowest BCUT2D eigenvalue weighted by Crippen LogP contribution is -2.50. The molecule has 0 atom stereocenters. The molecule has 1 aromatic carbocycles. The molecule has 0 aliphatic carbocycles. The molecule has 32 heavy (non-hydrogen) atoms. The summed E-state index contributed by atoms with van der Waals surface area (Å²) in [6.45, 7) is 2.09. The summed E-state index contributed by atoms with van der Waals surface area (Å²) in [5.41, 5.74) is 6.19. The van der Waals surface area contributed by atoms with Crippen LogP contribution in [-0.4, -0.2) is 75.6 Å². The molecule has 3 rings (SSSR count). The molecule has 0 unspecified atom stereocenters. The highest BCUT2D eigenvalue weighted by Gasteiger charge is 2.32. The standard InChI is InChI=1S/C19H25N5O6S2/c1-13-4-5-14(31(27,28)21-2)10-16(13)19(26)23-6-8-24(9-7-23)32(29,30)15-11-17(18(20)25)22(3)12-15/h4-5,10-12,21H,6-9H2,1-3H3,(H2,20,25). The van der Waals surface area contributed by atoms with Crippen LogP contribution in [0.25, 0.3) is 0 Å². The Hall–Kier alpha value is -2.74. The average Bonchev–Trinajstić information content (AvgIpc) is 3.16. The second kappa shape index (κ2) is 8.65. The Morgan fingerprint density at radius 3 is 2.16 bits per heavy atom. The molecule has 11 nitrogen and oxygen atoms in total. The Balaban J connectivity index is 1.77. The summed E-state index contributed by atoms with van der Waals surface area (Å²) in [4.78, 5) is 25.9. The molecular formula is C19H25N5O6S2. The van der Waals surface area contributed by atoms with Crippen molar-refractivity contribution in [2.45, 2.75) is 16.7 Å². The van der Waals surface area contributed by atoms with Gasteiger partial charge < -0.3 is 15.2 Å². The molecule has 0 saturated carbocycles. The zero-order valence-electron chi connectivity index (χ0n) is 17.9. The Morgan fingerprint density at radius 1 is 1.00 bits per heavy atom. The number of amides is 2. The highest BCUT2D eigenvalue weighted by Crippen LogP contribution is 2.22. The first kappa shape index (κ1) is 23.9. The zero-order valence-corrected chi connectivity index (χ0v) is 19.5. The minimum atomic E-state index is -3.87. The fraction of sp³-hybridized carbons (Fsp3) is 0.368. The molecule has 1 aliphatic heterocycles. The summed E-state index contributed by atoms with van der Waals surface area (Å²) in [7, 11) is -4.77. The van der Waals surface area contributed by atoms with E-state index in [1.165, 1.54) is 52.3 Å². The minimum Gasteiger partial charge on any atom is -0.364 e. The average molecular weight is 484 g/mol. The van der Waals surface area contributed by atoms with Gasteiger partial charge in [0.25, 0.3) is 11.8 Å². The van der Waals surface area contributed by atoms with E-state index in [9.17, 15) is 26.4 Å². The van der Waals surface area contributed by atoms with Gasteiger partial charge in [0.05, 0.1) is 4.90 Å². The number of piperazine rings is 1. The van der Waals surface area contributed by atoms with E-state index < -0.39 is 26.0 Å². The summed E-state index contributed by atoms with van der Waals surface area (Å²) < 4.78 is 54.9. The number of sulfonamides is 2. The predicted octanol–water partition coefficient (Wildman–Crippen LogP) is -0.513. The van der Waals surface area contributed by atoms with Crippen molar-refractivity contribution in [1.82, 2.24) is 18.5 Å². The number of nitrogens with zero attached hydrogens (tertiary/aromatic N) is 3. The quantitative estimate of drug-likeness (QED) is 0.564. The van der Waals surface area contributed by atoms with E-state index in [1.807, 2.05) is 0 Å². The normalized spacial score (nSPS) is 15.7. The largest absolute Gasteiger partial charge is 0.364 e. The lowest BCUT2D eigenvalue weighted by Gasteiger charge is -2.34. The van der Waals surface area contributed by atoms with E-state index in [2.05, 4.69) is 4.72 Å². The van der Waals surface area contributed by atoms with Crippen LogP contribution < -0.4 is 10.5 Å². The third kappa shape index (κ3) is 4.41. The van der Waals surface area contributed by atoms with Crippen molar-refractivity contribution in [2.75, 3.05) is 33.2 Å². The number of aromatic nitrogens is 1. The van der Waals surface area contributed by atoms with Crippen molar-refractivity contribution in [2.24, 2.45) is 12.8 Å². The monoisotopic (exact) mass is 483 g/mol. The number of benzene rings is 1. The SMILES string of the molecule is CNS(=O)(=O)c1ccc(C)c(C(=O)N2CCN(S(=O)(=O)c3cc(C(N)=O)n(C)c3)CC2)c1. The Morgan fingerprint density at radius 2 is 1.62 bits per heavy atom. The molecule has 2 heterocycles. The Kier molecular flexibility index (Phi) is 6.47. The third-order valence-electron chi connectivity index (χ3n) is 5.41. The van der Waals surface area contributed by atoms with Crippen LogP contribution in [0.2, 0.25) is 0 Å². The van der Waals surface area contributed by atoms with E-state index in [4.69, 9.17) is 5.73 Å². The number of aryl methyl sites for hydroxylation is 2. The van der Waals surface area contributed by atoms with Gasteiger partial charge >= 0.3 is 0 Å². The van der Waals surface area contributed by atoms with Gasteiger partial charge in [-0.25, -0.2) is 21.6 Å². The fourth-order valence-electron chi connectivity index (χ4n) is 3.49. The van der Waals surface area contributed by atoms with Gasteiger partial charge in [0.1, 0.15) is 10.6 Å². The van der Waals surface area contributed by atoms with Crippen LogP contribution in [0, 0.1) is 6.92 Å². The van der Waals surface area contributed by atoms with E-state index in [0.717, 1.165) is 0 Å². The second-order valence-corrected chi connectivity index (χ2v) is 11.2. The number of hydrogen-bond acceptors (Lipinski definition) is 6. The first-order valence-corrected chi connectivity index (χ1v) is 12.6. The summed E-state index contributed by atoms with van der Waals surface area (Å²) in [6, 6.07) is 5.53. The number of primary amides is 1. The molecular weight excluding hydrogens is 458 g/mol. The molecule has 13 heteroatoms. The summed E-state index contributed by atoms with van der Waals surface area (Å²) in [5, 5.41) is 0. The van der Waals surface area contributed by atoms with Gasteiger partial charge in [0.2, 0.25) is 20.0 Å². The number of nitrogens with one attached hydrogen (secondary N) is 1. The van der Waals surface area contributed by atoms with Gasteiger partial charge in [-0.05, 0) is 37.7 Å². The highest BCUT2D eigenvalue weighted by molar-refractivity contribution is 7.89. The number of carbonyl (C=O) groups excluding carboxylic acids is 2. The molecule has 0 radical (unpaired) electrons. The lowest BCUT2D eigenvalue weighted by molar-refractivity contribution is 0.0696. The van der Waals surface area contributed by atoms with E-state index in [-0.39, 0.29) is 53.1 Å². The number of hydrogen-bond donors (Lipinski definition) is 2. The van der Waals surface area contributed by atoms with E-state index in [1.54, 1.807) is 13.0 Å². The van der Waals surface area contributed by atoms with Gasteiger partial charge in [0, 0.05) is 45.0 Å². The smallest absolute Gasteiger partial charge is 0.265 e. The van der Waals surface area contributed by atoms with Gasteiger partial charge in [-0.2, -0.15) is 4.31 Å². The van der Waals surface area contributed by atoms with E-state index >= 15 is 0 Å². The van der Waals surface area contributed by atoms with Crippen LogP contribution in [0.5, 0.6) is 0 Å². The van der Waals surface area contributed by atoms with Crippen LogP contribution in [-0.2, 0) is 27.1 Å². The number of carbonyl (C=O) groups is 2. The molecule has 2 aromatic rings. The number of nitrogens with two attached hydrogens (primary N) is 1. The molecule has 2 amide bonds. The van der Waals surface area contributed by atoms with Gasteiger partial charge in [0.15, 0.2) is 0 Å². The molecule has 0 bridgehead atoms. The van der Waals surface area contributed by atoms with Gasteiger partial charge in [-0.1, -0.05) is 6.07 Å². The lowest BCUT2D eigenvalue weighted by atomic mass is 10.1. The summed E-state index contributed by atoms with van der Waals surface area (Å²) >= 11 is 0. The van der Waals surface area contributed by atoms with Gasteiger partial charge in [-0.3, -0.25) is 9.59 Å². The fourth-order valence-corrected chi connectivity index (χ4v) is 5.74. The summed E-state index contributed by atoms with van der Waals surface area (Å²) in [6.07, 6.45) is 1.32. The van der Waals surface area contributed by atoms with Crippen molar-refractivity contribution >= 4 is 31.9 Å². The van der Waals surface area contributed by atoms with Crippen molar-refractivity contribution in [3.05, 3.63) is 47.3 Å². The van der Waals surface area contributed by atoms with Crippen LogP contribution >= 0.6 is 0 Å². The molecule has 1 saturated heterocycles. The maximum Gasteiger partial charge on any atom is 0.265 e. The molecule has 3 N–H and O–H groups in total. The third-order valence-corrected chi connectivity index (χ3v) is 8.69. The molecule has 1 aliphatic rings. The maximum absolute atomic E-state index is 13.0.